The van der Waals surface area contributed by atoms with Gasteiger partial charge in [0.15, 0.2) is 0 Å². The third-order valence-corrected chi connectivity index (χ3v) is 3.35. The first-order chi connectivity index (χ1) is 8.40. The van der Waals surface area contributed by atoms with Crippen LogP contribution in [0.5, 0.6) is 0 Å². The maximum Gasteiger partial charge on any atom is 0.122 e. The average Bonchev–Trinajstić information content (AvgIpc) is 2.88. The molecule has 1 N–H and O–H groups in total. The molecule has 2 aromatic rings. The van der Waals surface area contributed by atoms with Gasteiger partial charge in [0, 0.05) is 16.3 Å². The Morgan fingerprint density at radius 3 is 2.88 bits per heavy atom. The number of benzene rings is 1. The molecule has 0 amide bonds. The van der Waals surface area contributed by atoms with Crippen molar-refractivity contribution in [1.29, 1.82) is 0 Å². The van der Waals surface area contributed by atoms with Gasteiger partial charge < -0.3 is 9.73 Å². The van der Waals surface area contributed by atoms with E-state index in [0.29, 0.717) is 6.54 Å². The van der Waals surface area contributed by atoms with Gasteiger partial charge in [-0.25, -0.2) is 0 Å². The highest BCUT2D eigenvalue weighted by Crippen LogP contribution is 2.27. The van der Waals surface area contributed by atoms with Crippen LogP contribution < -0.4 is 5.32 Å². The van der Waals surface area contributed by atoms with Crippen LogP contribution in [0, 0.1) is 0 Å². The average molecular weight is 245 g/mol. The van der Waals surface area contributed by atoms with Crippen molar-refractivity contribution in [2.24, 2.45) is 0 Å². The van der Waals surface area contributed by atoms with Crippen molar-refractivity contribution in [2.45, 2.75) is 11.4 Å². The molecule has 0 unspecified atom stereocenters. The van der Waals surface area contributed by atoms with Gasteiger partial charge in [0.2, 0.25) is 0 Å². The molecule has 17 heavy (non-hydrogen) atoms. The molecule has 1 heterocycles. The highest BCUT2D eigenvalue weighted by molar-refractivity contribution is 7.99. The molecule has 0 spiro atoms. The molecule has 0 saturated carbocycles. The van der Waals surface area contributed by atoms with Crippen LogP contribution in [0.2, 0.25) is 0 Å². The summed E-state index contributed by atoms with van der Waals surface area (Å²) in [6.07, 6.45) is 3.60. The van der Waals surface area contributed by atoms with Gasteiger partial charge >= 0.3 is 0 Å². The van der Waals surface area contributed by atoms with Crippen LogP contribution in [0.3, 0.4) is 0 Å². The van der Waals surface area contributed by atoms with Crippen LogP contribution in [-0.2, 0) is 6.54 Å². The second-order valence-corrected chi connectivity index (χ2v) is 4.59. The number of furan rings is 1. The molecule has 0 saturated heterocycles. The Balaban J connectivity index is 2.01. The van der Waals surface area contributed by atoms with E-state index in [-0.39, 0.29) is 0 Å². The van der Waals surface area contributed by atoms with Crippen LogP contribution >= 0.6 is 11.8 Å². The minimum absolute atomic E-state index is 0.707. The Kier molecular flexibility index (Phi) is 4.33. The predicted octanol–water partition coefficient (Wildman–Crippen LogP) is 4.17. The van der Waals surface area contributed by atoms with E-state index in [1.54, 1.807) is 18.0 Å². The maximum absolute atomic E-state index is 5.29. The van der Waals surface area contributed by atoms with E-state index in [0.717, 1.165) is 17.2 Å². The van der Waals surface area contributed by atoms with E-state index >= 15 is 0 Å². The van der Waals surface area contributed by atoms with Crippen molar-refractivity contribution in [3.63, 3.8) is 0 Å². The van der Waals surface area contributed by atoms with Crippen LogP contribution in [0.25, 0.3) is 0 Å². The first-order valence-electron chi connectivity index (χ1n) is 5.49. The molecule has 0 bridgehead atoms. The van der Waals surface area contributed by atoms with E-state index in [2.05, 4.69) is 24.0 Å². The molecule has 2 rings (SSSR count). The summed E-state index contributed by atoms with van der Waals surface area (Å²) in [5, 5.41) is 3.38. The number of anilines is 1. The number of para-hydroxylation sites is 1. The van der Waals surface area contributed by atoms with Gasteiger partial charge in [0.25, 0.3) is 0 Å². The fourth-order valence-corrected chi connectivity index (χ4v) is 2.25. The minimum atomic E-state index is 0.707. The molecule has 3 heteroatoms. The van der Waals surface area contributed by atoms with Crippen molar-refractivity contribution in [3.05, 3.63) is 61.1 Å². The lowest BCUT2D eigenvalue weighted by molar-refractivity contribution is 0.518. The molecule has 0 radical (unpaired) electrons. The van der Waals surface area contributed by atoms with Crippen molar-refractivity contribution < 1.29 is 4.42 Å². The van der Waals surface area contributed by atoms with Gasteiger partial charge in [-0.15, -0.1) is 18.3 Å². The zero-order valence-electron chi connectivity index (χ0n) is 9.56. The molecule has 0 fully saturated rings. The van der Waals surface area contributed by atoms with Gasteiger partial charge in [-0.3, -0.25) is 0 Å². The summed E-state index contributed by atoms with van der Waals surface area (Å²) in [6, 6.07) is 12.1. The van der Waals surface area contributed by atoms with Crippen molar-refractivity contribution in [1.82, 2.24) is 0 Å². The van der Waals surface area contributed by atoms with Crippen LogP contribution in [-0.4, -0.2) is 5.75 Å². The highest BCUT2D eigenvalue weighted by atomic mass is 32.2. The van der Waals surface area contributed by atoms with Gasteiger partial charge in [-0.05, 0) is 24.3 Å². The fraction of sp³-hybridized carbons (Fsp3) is 0.143. The molecule has 1 aromatic carbocycles. The second-order valence-electron chi connectivity index (χ2n) is 3.53. The molecule has 0 aliphatic heterocycles. The predicted molar refractivity (Wildman–Crippen MR) is 73.4 cm³/mol. The van der Waals surface area contributed by atoms with Crippen molar-refractivity contribution >= 4 is 17.4 Å². The van der Waals surface area contributed by atoms with Gasteiger partial charge in [-0.2, -0.15) is 0 Å². The molecule has 0 aliphatic rings. The lowest BCUT2D eigenvalue weighted by Crippen LogP contribution is -1.99. The van der Waals surface area contributed by atoms with Crippen LogP contribution in [0.4, 0.5) is 5.69 Å². The number of hydrogen-bond donors (Lipinski definition) is 1. The molecule has 0 atom stereocenters. The largest absolute Gasteiger partial charge is 0.467 e. The van der Waals surface area contributed by atoms with Gasteiger partial charge in [-0.1, -0.05) is 18.2 Å². The SMILES string of the molecule is C=CCSc1ccccc1NCc1ccco1. The summed E-state index contributed by atoms with van der Waals surface area (Å²) in [7, 11) is 0. The quantitative estimate of drug-likeness (QED) is 0.611. The lowest BCUT2D eigenvalue weighted by atomic mass is 10.3. The minimum Gasteiger partial charge on any atom is -0.467 e. The smallest absolute Gasteiger partial charge is 0.122 e. The monoisotopic (exact) mass is 245 g/mol. The zero-order valence-corrected chi connectivity index (χ0v) is 10.4. The first kappa shape index (κ1) is 11.9. The Bertz CT molecular complexity index is 465. The summed E-state index contributed by atoms with van der Waals surface area (Å²) >= 11 is 1.77. The number of hydrogen-bond acceptors (Lipinski definition) is 3. The summed E-state index contributed by atoms with van der Waals surface area (Å²) in [6.45, 7) is 4.44. The standard InChI is InChI=1S/C14H15NOS/c1-2-10-17-14-8-4-3-7-13(14)15-11-12-6-5-9-16-12/h2-9,15H,1,10-11H2. The summed E-state index contributed by atoms with van der Waals surface area (Å²) in [5.74, 6) is 1.85. The Hall–Kier alpha value is -1.61. The zero-order chi connectivity index (χ0) is 11.9. The third-order valence-electron chi connectivity index (χ3n) is 2.28. The van der Waals surface area contributed by atoms with E-state index in [9.17, 15) is 0 Å². The van der Waals surface area contributed by atoms with E-state index in [1.807, 2.05) is 30.3 Å². The lowest BCUT2D eigenvalue weighted by Gasteiger charge is -2.09. The molecular weight excluding hydrogens is 230 g/mol. The molecule has 2 nitrogen and oxygen atoms in total. The summed E-state index contributed by atoms with van der Waals surface area (Å²) in [4.78, 5) is 1.24. The Morgan fingerprint density at radius 1 is 1.24 bits per heavy atom. The first-order valence-corrected chi connectivity index (χ1v) is 6.47. The Morgan fingerprint density at radius 2 is 2.12 bits per heavy atom. The molecular formula is C14H15NOS. The highest BCUT2D eigenvalue weighted by Gasteiger charge is 2.02. The van der Waals surface area contributed by atoms with E-state index < -0.39 is 0 Å². The van der Waals surface area contributed by atoms with E-state index in [1.165, 1.54) is 4.90 Å². The summed E-state index contributed by atoms with van der Waals surface area (Å²) < 4.78 is 5.29. The second kappa shape index (κ2) is 6.21. The molecule has 1 aromatic heterocycles. The number of nitrogens with one attached hydrogen (secondary N) is 1. The van der Waals surface area contributed by atoms with Crippen LogP contribution in [0.15, 0.2) is 64.6 Å². The Labute approximate surface area is 106 Å². The van der Waals surface area contributed by atoms with Crippen molar-refractivity contribution in [3.8, 4) is 0 Å². The maximum atomic E-state index is 5.29. The molecule has 0 aliphatic carbocycles. The fourth-order valence-electron chi connectivity index (χ4n) is 1.48. The summed E-state index contributed by atoms with van der Waals surface area (Å²) in [5.41, 5.74) is 1.13. The van der Waals surface area contributed by atoms with Crippen molar-refractivity contribution in [2.75, 3.05) is 11.1 Å². The normalized spacial score (nSPS) is 10.1. The topological polar surface area (TPSA) is 25.2 Å². The van der Waals surface area contributed by atoms with E-state index in [4.69, 9.17) is 4.42 Å². The van der Waals surface area contributed by atoms with Crippen LogP contribution in [0.1, 0.15) is 5.76 Å². The number of thioether (sulfide) groups is 1. The van der Waals surface area contributed by atoms with Gasteiger partial charge in [0.1, 0.15) is 5.76 Å². The van der Waals surface area contributed by atoms with Gasteiger partial charge in [0.05, 0.1) is 12.8 Å². The molecule has 88 valence electrons. The number of rotatable bonds is 6. The third kappa shape index (κ3) is 3.43.